The number of ether oxygens (including phenoxy) is 1. The van der Waals surface area contributed by atoms with Crippen molar-refractivity contribution >= 4 is 35.7 Å². The van der Waals surface area contributed by atoms with E-state index in [2.05, 4.69) is 11.2 Å². The van der Waals surface area contributed by atoms with Crippen molar-refractivity contribution < 1.29 is 23.9 Å². The van der Waals surface area contributed by atoms with E-state index in [9.17, 15) is 19.2 Å². The van der Waals surface area contributed by atoms with Gasteiger partial charge in [0.15, 0.2) is 6.29 Å². The number of carbonyl (C=O) groups excluding carboxylic acids is 4. The van der Waals surface area contributed by atoms with Gasteiger partial charge in [0, 0.05) is 23.1 Å². The first-order valence-corrected chi connectivity index (χ1v) is 14.6. The van der Waals surface area contributed by atoms with Crippen molar-refractivity contribution in [2.75, 3.05) is 7.11 Å². The number of imide groups is 1. The number of methoxy groups -OCH3 is 1. The van der Waals surface area contributed by atoms with Crippen LogP contribution in [0.3, 0.4) is 0 Å². The van der Waals surface area contributed by atoms with Crippen molar-refractivity contribution in [2.45, 2.75) is 25.7 Å². The molecule has 1 N–H and O–H groups in total. The fraction of sp³-hybridized carbons (Fsp3) is 0.128. The maximum atomic E-state index is 13.7. The average molecular weight is 592 g/mol. The van der Waals surface area contributed by atoms with Gasteiger partial charge in [-0.25, -0.2) is 4.79 Å². The van der Waals surface area contributed by atoms with Crippen molar-refractivity contribution in [3.63, 3.8) is 0 Å². The Bertz CT molecular complexity index is 1970. The molecule has 6 rings (SSSR count). The first kappa shape index (κ1) is 29.3. The zero-order valence-electron chi connectivity index (χ0n) is 24.7. The van der Waals surface area contributed by atoms with Gasteiger partial charge < -0.3 is 4.74 Å². The lowest BCUT2D eigenvalue weighted by atomic mass is 9.84. The molecule has 6 heteroatoms. The van der Waals surface area contributed by atoms with Crippen molar-refractivity contribution in [3.05, 3.63) is 152 Å². The quantitative estimate of drug-likeness (QED) is 0.194. The number of carbonyl (C=O) groups is 4. The average Bonchev–Trinajstić information content (AvgIpc) is 3.54. The van der Waals surface area contributed by atoms with E-state index in [1.54, 1.807) is 18.2 Å². The molecule has 1 aliphatic heterocycles. The molecule has 45 heavy (non-hydrogen) atoms. The van der Waals surface area contributed by atoms with E-state index in [1.165, 1.54) is 7.11 Å². The van der Waals surface area contributed by atoms with Crippen molar-refractivity contribution in [1.29, 1.82) is 0 Å². The lowest BCUT2D eigenvalue weighted by Gasteiger charge is -2.23. The fourth-order valence-electron chi connectivity index (χ4n) is 6.40. The van der Waals surface area contributed by atoms with Gasteiger partial charge in [-0.1, -0.05) is 78.3 Å². The summed E-state index contributed by atoms with van der Waals surface area (Å²) >= 11 is 0. The predicted molar refractivity (Wildman–Crippen MR) is 174 cm³/mol. The van der Waals surface area contributed by atoms with Crippen LogP contribution in [-0.2, 0) is 30.3 Å². The van der Waals surface area contributed by atoms with Crippen LogP contribution in [0.2, 0.25) is 0 Å². The first-order valence-electron chi connectivity index (χ1n) is 14.6. The number of rotatable bonds is 6. The van der Waals surface area contributed by atoms with Crippen LogP contribution in [0.15, 0.2) is 135 Å². The van der Waals surface area contributed by atoms with E-state index < -0.39 is 17.8 Å². The minimum absolute atomic E-state index is 0.0276. The third-order valence-electron chi connectivity index (χ3n) is 8.48. The number of terminal acetylenes is 1. The fourth-order valence-corrected chi connectivity index (χ4v) is 6.40. The van der Waals surface area contributed by atoms with E-state index in [1.807, 2.05) is 72.9 Å². The molecule has 0 fully saturated rings. The highest BCUT2D eigenvalue weighted by molar-refractivity contribution is 6.21. The summed E-state index contributed by atoms with van der Waals surface area (Å²) in [5, 5.41) is 2.52. The molecule has 0 saturated carbocycles. The Labute approximate surface area is 261 Å². The zero-order chi connectivity index (χ0) is 31.5. The number of amides is 2. The molecule has 1 aromatic rings. The number of allylic oxidation sites excluding steroid dienone is 15. The highest BCUT2D eigenvalue weighted by Gasteiger charge is 2.38. The topological polar surface area (TPSA) is 89.5 Å². The molecule has 2 amide bonds. The summed E-state index contributed by atoms with van der Waals surface area (Å²) in [5.41, 5.74) is 7.54. The maximum absolute atomic E-state index is 13.7. The molecule has 0 atom stereocenters. The number of nitrogens with one attached hydrogen (secondary N) is 1. The molecule has 0 saturated heterocycles. The second kappa shape index (κ2) is 12.4. The van der Waals surface area contributed by atoms with Crippen LogP contribution in [0.4, 0.5) is 0 Å². The van der Waals surface area contributed by atoms with Crippen LogP contribution in [0.25, 0.3) is 11.6 Å². The van der Waals surface area contributed by atoms with Crippen LogP contribution in [0.1, 0.15) is 36.0 Å². The number of aldehydes is 1. The van der Waals surface area contributed by atoms with Crippen LogP contribution >= 0.6 is 0 Å². The van der Waals surface area contributed by atoms with Crippen LogP contribution in [-0.4, -0.2) is 31.2 Å². The Morgan fingerprint density at radius 2 is 1.82 bits per heavy atom. The molecule has 0 aromatic heterocycles. The van der Waals surface area contributed by atoms with Crippen molar-refractivity contribution in [2.24, 2.45) is 0 Å². The monoisotopic (exact) mass is 591 g/mol. The summed E-state index contributed by atoms with van der Waals surface area (Å²) in [4.78, 5) is 53.8. The molecule has 6 nitrogen and oxygen atoms in total. The lowest BCUT2D eigenvalue weighted by Crippen LogP contribution is -2.39. The van der Waals surface area contributed by atoms with Gasteiger partial charge in [0.2, 0.25) is 0 Å². The van der Waals surface area contributed by atoms with Crippen LogP contribution < -0.4 is 5.32 Å². The number of hydrogen-bond donors (Lipinski definition) is 1. The van der Waals surface area contributed by atoms with Gasteiger partial charge in [0.1, 0.15) is 0 Å². The van der Waals surface area contributed by atoms with E-state index >= 15 is 0 Å². The van der Waals surface area contributed by atoms with Crippen molar-refractivity contribution in [3.8, 4) is 12.3 Å². The Morgan fingerprint density at radius 3 is 2.60 bits per heavy atom. The summed E-state index contributed by atoms with van der Waals surface area (Å²) in [6, 6.07) is 5.81. The molecular formula is C39H29NO5. The van der Waals surface area contributed by atoms with E-state index in [-0.39, 0.29) is 29.6 Å². The second-order valence-corrected chi connectivity index (χ2v) is 11.0. The lowest BCUT2D eigenvalue weighted by molar-refractivity contribution is -0.135. The summed E-state index contributed by atoms with van der Waals surface area (Å²) in [6.07, 6.45) is 30.2. The Kier molecular flexibility index (Phi) is 8.09. The highest BCUT2D eigenvalue weighted by atomic mass is 16.5. The molecule has 0 unspecified atom stereocenters. The zero-order valence-corrected chi connectivity index (χ0v) is 24.7. The van der Waals surface area contributed by atoms with Crippen LogP contribution in [0, 0.1) is 12.3 Å². The van der Waals surface area contributed by atoms with E-state index in [4.69, 9.17) is 11.2 Å². The Balaban J connectivity index is 1.66. The number of esters is 1. The molecule has 1 aromatic carbocycles. The van der Waals surface area contributed by atoms with Crippen LogP contribution in [0.5, 0.6) is 0 Å². The molecular weight excluding hydrogens is 562 g/mol. The number of benzene rings is 1. The molecule has 1 heterocycles. The Hall–Kier alpha value is -5.80. The molecule has 0 radical (unpaired) electrons. The number of hydrogen-bond acceptors (Lipinski definition) is 5. The molecule has 220 valence electrons. The standard InChI is InChI=1S/C39H29NO5/c1-3-4-12-24-13-7-5-9-15-26(24)19-27-20-34(39(44)45-2)31-21-32-33(37(42)40-38(43)36(27)32)22-30(35(31)23-41)29-18-11-16-25-14-8-6-10-17-28(25)29/h1,4-14,16,18,20,22-23H,15,17,19,21H2,2H3,(H,40,42,43)/b12-4-. The summed E-state index contributed by atoms with van der Waals surface area (Å²) in [5.74, 6) is 0.772. The van der Waals surface area contributed by atoms with Gasteiger partial charge >= 0.3 is 5.97 Å². The summed E-state index contributed by atoms with van der Waals surface area (Å²) in [6.45, 7) is 0. The molecule has 2 bridgehead atoms. The first-order chi connectivity index (χ1) is 21.9. The summed E-state index contributed by atoms with van der Waals surface area (Å²) < 4.78 is 5.24. The van der Waals surface area contributed by atoms with Gasteiger partial charge in [-0.3, -0.25) is 19.7 Å². The minimum atomic E-state index is -0.643. The minimum Gasteiger partial charge on any atom is -0.465 e. The Morgan fingerprint density at radius 1 is 1.02 bits per heavy atom. The summed E-state index contributed by atoms with van der Waals surface area (Å²) in [7, 11) is 1.28. The molecule has 0 spiro atoms. The van der Waals surface area contributed by atoms with Gasteiger partial charge in [-0.05, 0) is 88.1 Å². The second-order valence-electron chi connectivity index (χ2n) is 11.0. The van der Waals surface area contributed by atoms with Gasteiger partial charge in [-0.15, -0.1) is 6.42 Å². The van der Waals surface area contributed by atoms with Gasteiger partial charge in [0.25, 0.3) is 11.8 Å². The largest absolute Gasteiger partial charge is 0.465 e. The van der Waals surface area contributed by atoms with E-state index in [0.717, 1.165) is 34.1 Å². The normalized spacial score (nSPS) is 18.9. The number of fused-ring (bicyclic) bond motifs is 2. The SMILES string of the molecule is C#C/C=C\C1=C(CC2=CC(C(=O)OC)=C3CC4=C2C(=O)NC(=O)C4=CC(c2cccc4c2CC=CC=C4)=C3C=O)CC=CC=C1. The van der Waals surface area contributed by atoms with E-state index in [0.29, 0.717) is 40.7 Å². The third kappa shape index (κ3) is 5.41. The van der Waals surface area contributed by atoms with Gasteiger partial charge in [0.05, 0.1) is 12.7 Å². The predicted octanol–water partition coefficient (Wildman–Crippen LogP) is 5.85. The molecule has 5 aliphatic rings. The smallest absolute Gasteiger partial charge is 0.338 e. The van der Waals surface area contributed by atoms with Gasteiger partial charge in [-0.2, -0.15) is 0 Å². The maximum Gasteiger partial charge on any atom is 0.338 e. The highest BCUT2D eigenvalue weighted by Crippen LogP contribution is 2.45. The third-order valence-corrected chi connectivity index (χ3v) is 8.48. The van der Waals surface area contributed by atoms with Crippen molar-refractivity contribution in [1.82, 2.24) is 5.32 Å². The molecule has 4 aliphatic carbocycles.